The van der Waals surface area contributed by atoms with Gasteiger partial charge in [0, 0.05) is 5.57 Å². The van der Waals surface area contributed by atoms with E-state index in [1.54, 1.807) is 6.92 Å². The van der Waals surface area contributed by atoms with Crippen LogP contribution >= 0.6 is 0 Å². The van der Waals surface area contributed by atoms with Crippen molar-refractivity contribution in [2.45, 2.75) is 64.3 Å². The van der Waals surface area contributed by atoms with Gasteiger partial charge in [0.25, 0.3) is 0 Å². The molecule has 4 heteroatoms. The van der Waals surface area contributed by atoms with E-state index in [0.29, 0.717) is 18.4 Å². The van der Waals surface area contributed by atoms with E-state index < -0.39 is 11.5 Å². The highest BCUT2D eigenvalue weighted by Crippen LogP contribution is 2.27. The van der Waals surface area contributed by atoms with E-state index >= 15 is 0 Å². The summed E-state index contributed by atoms with van der Waals surface area (Å²) in [5.41, 5.74) is -0.460. The predicted molar refractivity (Wildman–Crippen MR) is 70.3 cm³/mol. The van der Waals surface area contributed by atoms with Gasteiger partial charge in [-0.1, -0.05) is 38.7 Å². The molecule has 1 aliphatic carbocycles. The zero-order valence-corrected chi connectivity index (χ0v) is 11.3. The zero-order valence-electron chi connectivity index (χ0n) is 11.3. The predicted octanol–water partition coefficient (Wildman–Crippen LogP) is 2.64. The molecule has 1 rings (SSSR count). The molecule has 1 fully saturated rings. The number of aliphatic carboxylic acids is 1. The standard InChI is InChI=1S/C14H23NO3/c1-3-8-11(2)12(16)15-14(13(17)18)9-6-4-5-7-10-14/h8H,3-7,9-10H2,1-2H3,(H,15,16)(H,17,18)/b11-8+. The van der Waals surface area contributed by atoms with Gasteiger partial charge in [-0.05, 0) is 26.2 Å². The van der Waals surface area contributed by atoms with Crippen molar-refractivity contribution < 1.29 is 14.7 Å². The van der Waals surface area contributed by atoms with Gasteiger partial charge in [0.05, 0.1) is 0 Å². The lowest BCUT2D eigenvalue weighted by Gasteiger charge is -2.29. The maximum atomic E-state index is 12.0. The van der Waals surface area contributed by atoms with Crippen LogP contribution in [0.25, 0.3) is 0 Å². The molecule has 2 N–H and O–H groups in total. The molecular formula is C14H23NO3. The average Bonchev–Trinajstić information content (AvgIpc) is 2.56. The van der Waals surface area contributed by atoms with Crippen LogP contribution in [0.4, 0.5) is 0 Å². The summed E-state index contributed by atoms with van der Waals surface area (Å²) in [6.45, 7) is 3.68. The molecule has 0 aromatic rings. The van der Waals surface area contributed by atoms with Crippen LogP contribution in [-0.2, 0) is 9.59 Å². The normalized spacial score (nSPS) is 20.0. The summed E-state index contributed by atoms with van der Waals surface area (Å²) in [5, 5.41) is 12.2. The number of allylic oxidation sites excluding steroid dienone is 1. The Morgan fingerprint density at radius 1 is 1.22 bits per heavy atom. The SMILES string of the molecule is CC/C=C(\C)C(=O)NC1(C(=O)O)CCCCCC1. The van der Waals surface area contributed by atoms with Gasteiger partial charge in [-0.25, -0.2) is 4.79 Å². The highest BCUT2D eigenvalue weighted by molar-refractivity contribution is 5.96. The minimum atomic E-state index is -1.06. The fourth-order valence-electron chi connectivity index (χ4n) is 2.44. The maximum Gasteiger partial charge on any atom is 0.329 e. The molecule has 0 spiro atoms. The molecule has 1 aliphatic rings. The van der Waals surface area contributed by atoms with Gasteiger partial charge in [-0.15, -0.1) is 0 Å². The van der Waals surface area contributed by atoms with Gasteiger partial charge < -0.3 is 10.4 Å². The molecule has 4 nitrogen and oxygen atoms in total. The van der Waals surface area contributed by atoms with Crippen molar-refractivity contribution in [2.75, 3.05) is 0 Å². The lowest BCUT2D eigenvalue weighted by molar-refractivity contribution is -0.147. The largest absolute Gasteiger partial charge is 0.480 e. The third kappa shape index (κ3) is 3.59. The van der Waals surface area contributed by atoms with Crippen molar-refractivity contribution in [3.05, 3.63) is 11.6 Å². The number of hydrogen-bond donors (Lipinski definition) is 2. The Hall–Kier alpha value is -1.32. The van der Waals surface area contributed by atoms with Gasteiger partial charge in [-0.2, -0.15) is 0 Å². The Morgan fingerprint density at radius 3 is 2.22 bits per heavy atom. The molecule has 1 saturated carbocycles. The third-order valence-corrected chi connectivity index (χ3v) is 3.59. The van der Waals surface area contributed by atoms with E-state index in [4.69, 9.17) is 0 Å². The number of hydrogen-bond acceptors (Lipinski definition) is 2. The van der Waals surface area contributed by atoms with E-state index in [1.165, 1.54) is 0 Å². The monoisotopic (exact) mass is 253 g/mol. The molecular weight excluding hydrogens is 230 g/mol. The van der Waals surface area contributed by atoms with E-state index in [9.17, 15) is 14.7 Å². The minimum Gasteiger partial charge on any atom is -0.480 e. The molecule has 0 heterocycles. The molecule has 0 atom stereocenters. The van der Waals surface area contributed by atoms with Crippen molar-refractivity contribution in [3.8, 4) is 0 Å². The van der Waals surface area contributed by atoms with Crippen LogP contribution in [-0.4, -0.2) is 22.5 Å². The average molecular weight is 253 g/mol. The van der Waals surface area contributed by atoms with Crippen LogP contribution in [0.3, 0.4) is 0 Å². The first-order chi connectivity index (χ1) is 8.52. The Bertz CT molecular complexity index is 339. The van der Waals surface area contributed by atoms with E-state index in [0.717, 1.165) is 32.1 Å². The smallest absolute Gasteiger partial charge is 0.329 e. The number of carboxylic acids is 1. The van der Waals surface area contributed by atoms with Crippen LogP contribution < -0.4 is 5.32 Å². The first kappa shape index (κ1) is 14.7. The first-order valence-electron chi connectivity index (χ1n) is 6.74. The molecule has 0 aliphatic heterocycles. The Balaban J connectivity index is 2.82. The Kier molecular flexibility index (Phi) is 5.38. The van der Waals surface area contributed by atoms with Gasteiger partial charge in [0.15, 0.2) is 0 Å². The van der Waals surface area contributed by atoms with E-state index in [-0.39, 0.29) is 5.91 Å². The van der Waals surface area contributed by atoms with Gasteiger partial charge in [-0.3, -0.25) is 4.79 Å². The van der Waals surface area contributed by atoms with Crippen molar-refractivity contribution in [1.29, 1.82) is 0 Å². The van der Waals surface area contributed by atoms with Crippen LogP contribution in [0.2, 0.25) is 0 Å². The van der Waals surface area contributed by atoms with Crippen LogP contribution in [0, 0.1) is 0 Å². The lowest BCUT2D eigenvalue weighted by atomic mass is 9.90. The van der Waals surface area contributed by atoms with Gasteiger partial charge >= 0.3 is 5.97 Å². The summed E-state index contributed by atoms with van der Waals surface area (Å²) in [4.78, 5) is 23.5. The molecule has 1 amide bonds. The number of nitrogens with one attached hydrogen (secondary N) is 1. The summed E-state index contributed by atoms with van der Waals surface area (Å²) >= 11 is 0. The van der Waals surface area contributed by atoms with E-state index in [1.807, 2.05) is 13.0 Å². The van der Waals surface area contributed by atoms with E-state index in [2.05, 4.69) is 5.32 Å². The summed E-state index contributed by atoms with van der Waals surface area (Å²) in [5.74, 6) is -1.15. The Morgan fingerprint density at radius 2 is 1.78 bits per heavy atom. The Labute approximate surface area is 108 Å². The van der Waals surface area contributed by atoms with Crippen molar-refractivity contribution in [3.63, 3.8) is 0 Å². The topological polar surface area (TPSA) is 66.4 Å². The fourth-order valence-corrected chi connectivity index (χ4v) is 2.44. The molecule has 0 radical (unpaired) electrons. The highest BCUT2D eigenvalue weighted by Gasteiger charge is 2.40. The molecule has 0 unspecified atom stereocenters. The summed E-state index contributed by atoms with van der Waals surface area (Å²) in [6, 6.07) is 0. The second-order valence-electron chi connectivity index (χ2n) is 5.05. The molecule has 18 heavy (non-hydrogen) atoms. The molecule has 0 aromatic carbocycles. The third-order valence-electron chi connectivity index (χ3n) is 3.59. The second kappa shape index (κ2) is 6.57. The number of carbonyl (C=O) groups excluding carboxylic acids is 1. The number of carbonyl (C=O) groups is 2. The van der Waals surface area contributed by atoms with Crippen molar-refractivity contribution in [1.82, 2.24) is 5.32 Å². The summed E-state index contributed by atoms with van der Waals surface area (Å²) < 4.78 is 0. The quantitative estimate of drug-likeness (QED) is 0.598. The molecule has 0 saturated heterocycles. The number of amides is 1. The zero-order chi connectivity index (χ0) is 13.6. The molecule has 0 aromatic heterocycles. The number of carboxylic acid groups (broad SMARTS) is 1. The number of rotatable bonds is 4. The highest BCUT2D eigenvalue weighted by atomic mass is 16.4. The van der Waals surface area contributed by atoms with Crippen LogP contribution in [0.5, 0.6) is 0 Å². The van der Waals surface area contributed by atoms with Crippen LogP contribution in [0.15, 0.2) is 11.6 Å². The molecule has 0 bridgehead atoms. The second-order valence-corrected chi connectivity index (χ2v) is 5.05. The summed E-state index contributed by atoms with van der Waals surface area (Å²) in [6.07, 6.45) is 7.50. The summed E-state index contributed by atoms with van der Waals surface area (Å²) in [7, 11) is 0. The molecule has 102 valence electrons. The van der Waals surface area contributed by atoms with Crippen LogP contribution in [0.1, 0.15) is 58.8 Å². The van der Waals surface area contributed by atoms with Crippen molar-refractivity contribution in [2.24, 2.45) is 0 Å². The minimum absolute atomic E-state index is 0.249. The maximum absolute atomic E-state index is 12.0. The van der Waals surface area contributed by atoms with Gasteiger partial charge in [0.1, 0.15) is 5.54 Å². The lowest BCUT2D eigenvalue weighted by Crippen LogP contribution is -2.54. The van der Waals surface area contributed by atoms with Gasteiger partial charge in [0.2, 0.25) is 5.91 Å². The fraction of sp³-hybridized carbons (Fsp3) is 0.714. The first-order valence-corrected chi connectivity index (χ1v) is 6.74. The van der Waals surface area contributed by atoms with Crippen molar-refractivity contribution >= 4 is 11.9 Å².